The zero-order valence-electron chi connectivity index (χ0n) is 10.2. The van der Waals surface area contributed by atoms with Gasteiger partial charge in [0.1, 0.15) is 5.75 Å². The summed E-state index contributed by atoms with van der Waals surface area (Å²) >= 11 is 0. The van der Waals surface area contributed by atoms with Crippen LogP contribution in [-0.4, -0.2) is 18.7 Å². The number of ether oxygens (including phenoxy) is 1. The number of nitrogens with two attached hydrogens (primary N) is 1. The van der Waals surface area contributed by atoms with Crippen LogP contribution in [0, 0.1) is 0 Å². The molecular formula is C13H20N2O2. The first-order valence-electron chi connectivity index (χ1n) is 5.99. The quantitative estimate of drug-likeness (QED) is 0.796. The SMILES string of the molecule is CCCCC(CN)NC(=O)Oc1ccccc1. The maximum Gasteiger partial charge on any atom is 0.412 e. The van der Waals surface area contributed by atoms with Crippen molar-refractivity contribution in [2.75, 3.05) is 6.54 Å². The standard InChI is InChI=1S/C13H20N2O2/c1-2-3-7-11(10-14)15-13(16)17-12-8-5-4-6-9-12/h4-6,8-9,11H,2-3,7,10,14H2,1H3,(H,15,16). The van der Waals surface area contributed by atoms with E-state index in [1.165, 1.54) is 0 Å². The van der Waals surface area contributed by atoms with Gasteiger partial charge in [-0.3, -0.25) is 0 Å². The molecule has 1 aromatic rings. The molecule has 0 aliphatic carbocycles. The second-order valence-corrected chi connectivity index (χ2v) is 3.92. The van der Waals surface area contributed by atoms with Crippen LogP contribution in [0.2, 0.25) is 0 Å². The van der Waals surface area contributed by atoms with E-state index in [2.05, 4.69) is 12.2 Å². The molecule has 1 rings (SSSR count). The monoisotopic (exact) mass is 236 g/mol. The van der Waals surface area contributed by atoms with Crippen molar-refractivity contribution in [3.05, 3.63) is 30.3 Å². The molecule has 0 aliphatic rings. The first-order valence-corrected chi connectivity index (χ1v) is 5.99. The first-order chi connectivity index (χ1) is 8.26. The number of hydrogen-bond donors (Lipinski definition) is 2. The Labute approximate surface area is 102 Å². The van der Waals surface area contributed by atoms with Crippen molar-refractivity contribution < 1.29 is 9.53 Å². The summed E-state index contributed by atoms with van der Waals surface area (Å²) in [5, 5.41) is 2.76. The van der Waals surface area contributed by atoms with Crippen LogP contribution in [-0.2, 0) is 0 Å². The number of unbranched alkanes of at least 4 members (excludes halogenated alkanes) is 1. The van der Waals surface area contributed by atoms with E-state index in [4.69, 9.17) is 10.5 Å². The number of carbonyl (C=O) groups is 1. The van der Waals surface area contributed by atoms with Crippen molar-refractivity contribution in [1.82, 2.24) is 5.32 Å². The van der Waals surface area contributed by atoms with Gasteiger partial charge in [-0.15, -0.1) is 0 Å². The average molecular weight is 236 g/mol. The van der Waals surface area contributed by atoms with E-state index in [1.807, 2.05) is 18.2 Å². The Kier molecular flexibility index (Phi) is 6.10. The zero-order valence-corrected chi connectivity index (χ0v) is 10.2. The van der Waals surface area contributed by atoms with Crippen LogP contribution in [0.5, 0.6) is 5.75 Å². The summed E-state index contributed by atoms with van der Waals surface area (Å²) in [7, 11) is 0. The molecule has 4 heteroatoms. The lowest BCUT2D eigenvalue weighted by molar-refractivity contribution is 0.195. The number of carbonyl (C=O) groups excluding carboxylic acids is 1. The number of benzene rings is 1. The number of amides is 1. The predicted octanol–water partition coefficient (Wildman–Crippen LogP) is 2.29. The molecule has 0 saturated heterocycles. The molecule has 0 spiro atoms. The van der Waals surface area contributed by atoms with Gasteiger partial charge in [0.15, 0.2) is 0 Å². The van der Waals surface area contributed by atoms with Crippen LogP contribution in [0.1, 0.15) is 26.2 Å². The third-order valence-corrected chi connectivity index (χ3v) is 2.47. The summed E-state index contributed by atoms with van der Waals surface area (Å²) in [5.74, 6) is 0.538. The lowest BCUT2D eigenvalue weighted by Gasteiger charge is -2.16. The number of nitrogens with one attached hydrogen (secondary N) is 1. The van der Waals surface area contributed by atoms with Crippen molar-refractivity contribution in [3.8, 4) is 5.75 Å². The molecule has 0 radical (unpaired) electrons. The molecule has 0 saturated carbocycles. The van der Waals surface area contributed by atoms with Gasteiger partial charge in [-0.25, -0.2) is 4.79 Å². The summed E-state index contributed by atoms with van der Waals surface area (Å²) in [4.78, 5) is 11.6. The smallest absolute Gasteiger partial charge is 0.410 e. The largest absolute Gasteiger partial charge is 0.412 e. The van der Waals surface area contributed by atoms with Crippen LogP contribution in [0.25, 0.3) is 0 Å². The second-order valence-electron chi connectivity index (χ2n) is 3.92. The third kappa shape index (κ3) is 5.36. The van der Waals surface area contributed by atoms with Crippen molar-refractivity contribution in [2.45, 2.75) is 32.2 Å². The van der Waals surface area contributed by atoms with Crippen LogP contribution >= 0.6 is 0 Å². The van der Waals surface area contributed by atoms with E-state index < -0.39 is 6.09 Å². The lowest BCUT2D eigenvalue weighted by Crippen LogP contribution is -2.41. The van der Waals surface area contributed by atoms with Crippen molar-refractivity contribution >= 4 is 6.09 Å². The Bertz CT molecular complexity index is 327. The minimum absolute atomic E-state index is 0.00818. The minimum Gasteiger partial charge on any atom is -0.410 e. The van der Waals surface area contributed by atoms with Gasteiger partial charge in [0.05, 0.1) is 0 Å². The summed E-state index contributed by atoms with van der Waals surface area (Å²) < 4.78 is 5.12. The fraction of sp³-hybridized carbons (Fsp3) is 0.462. The Hall–Kier alpha value is -1.55. The molecule has 3 N–H and O–H groups in total. The fourth-order valence-electron chi connectivity index (χ4n) is 1.49. The van der Waals surface area contributed by atoms with E-state index in [-0.39, 0.29) is 6.04 Å². The van der Waals surface area contributed by atoms with Gasteiger partial charge in [-0.1, -0.05) is 38.0 Å². The normalized spacial score (nSPS) is 11.9. The highest BCUT2D eigenvalue weighted by Gasteiger charge is 2.11. The molecule has 17 heavy (non-hydrogen) atoms. The summed E-state index contributed by atoms with van der Waals surface area (Å²) in [6.45, 7) is 2.54. The van der Waals surface area contributed by atoms with E-state index in [0.717, 1.165) is 19.3 Å². The van der Waals surface area contributed by atoms with E-state index in [0.29, 0.717) is 12.3 Å². The molecule has 94 valence electrons. The van der Waals surface area contributed by atoms with E-state index >= 15 is 0 Å². The summed E-state index contributed by atoms with van der Waals surface area (Å²) in [6.07, 6.45) is 2.58. The summed E-state index contributed by atoms with van der Waals surface area (Å²) in [5.41, 5.74) is 5.58. The number of hydrogen-bond acceptors (Lipinski definition) is 3. The molecule has 4 nitrogen and oxygen atoms in total. The van der Waals surface area contributed by atoms with Crippen LogP contribution in [0.4, 0.5) is 4.79 Å². The Morgan fingerprint density at radius 1 is 1.41 bits per heavy atom. The zero-order chi connectivity index (χ0) is 12.5. The number of rotatable bonds is 6. The maximum absolute atomic E-state index is 11.6. The van der Waals surface area contributed by atoms with Gasteiger partial charge in [-0.05, 0) is 18.6 Å². The van der Waals surface area contributed by atoms with Crippen molar-refractivity contribution in [2.24, 2.45) is 5.73 Å². The predicted molar refractivity (Wildman–Crippen MR) is 68.0 cm³/mol. The van der Waals surface area contributed by atoms with Gasteiger partial charge < -0.3 is 15.8 Å². The lowest BCUT2D eigenvalue weighted by atomic mass is 10.1. The van der Waals surface area contributed by atoms with E-state index in [9.17, 15) is 4.79 Å². The molecular weight excluding hydrogens is 216 g/mol. The first kappa shape index (κ1) is 13.5. The molecule has 1 unspecified atom stereocenters. The highest BCUT2D eigenvalue weighted by molar-refractivity contribution is 5.70. The fourth-order valence-corrected chi connectivity index (χ4v) is 1.49. The van der Waals surface area contributed by atoms with Crippen molar-refractivity contribution in [1.29, 1.82) is 0 Å². The van der Waals surface area contributed by atoms with Gasteiger partial charge in [0, 0.05) is 12.6 Å². The van der Waals surface area contributed by atoms with Gasteiger partial charge >= 0.3 is 6.09 Å². The molecule has 0 heterocycles. The molecule has 1 aromatic carbocycles. The average Bonchev–Trinajstić information content (AvgIpc) is 2.35. The topological polar surface area (TPSA) is 64.3 Å². The minimum atomic E-state index is -0.442. The van der Waals surface area contributed by atoms with Gasteiger partial charge in [0.2, 0.25) is 0 Å². The van der Waals surface area contributed by atoms with Gasteiger partial charge in [-0.2, -0.15) is 0 Å². The van der Waals surface area contributed by atoms with Crippen molar-refractivity contribution in [3.63, 3.8) is 0 Å². The molecule has 1 atom stereocenters. The van der Waals surface area contributed by atoms with Gasteiger partial charge in [0.25, 0.3) is 0 Å². The Morgan fingerprint density at radius 3 is 2.71 bits per heavy atom. The Balaban J connectivity index is 2.37. The molecule has 0 aliphatic heterocycles. The Morgan fingerprint density at radius 2 is 2.12 bits per heavy atom. The highest BCUT2D eigenvalue weighted by atomic mass is 16.6. The van der Waals surface area contributed by atoms with E-state index in [1.54, 1.807) is 12.1 Å². The van der Waals surface area contributed by atoms with Crippen LogP contribution in [0.3, 0.4) is 0 Å². The van der Waals surface area contributed by atoms with Crippen LogP contribution in [0.15, 0.2) is 30.3 Å². The highest BCUT2D eigenvalue weighted by Crippen LogP contribution is 2.08. The van der Waals surface area contributed by atoms with Crippen LogP contribution < -0.4 is 15.8 Å². The number of para-hydroxylation sites is 1. The summed E-state index contributed by atoms with van der Waals surface area (Å²) in [6, 6.07) is 8.98. The maximum atomic E-state index is 11.6. The molecule has 0 bridgehead atoms. The second kappa shape index (κ2) is 7.68. The molecule has 1 amide bonds. The molecule has 0 fully saturated rings. The third-order valence-electron chi connectivity index (χ3n) is 2.47. The molecule has 0 aromatic heterocycles.